The van der Waals surface area contributed by atoms with Crippen LogP contribution in [0.1, 0.15) is 20.3 Å². The molecule has 0 aromatic heterocycles. The summed E-state index contributed by atoms with van der Waals surface area (Å²) in [6.45, 7) is 3.56. The number of hydrogen-bond donors (Lipinski definition) is 1. The summed E-state index contributed by atoms with van der Waals surface area (Å²) < 4.78 is 29.2. The molecule has 7 heteroatoms. The number of carbonyl (C=O) groups is 2. The fourth-order valence-corrected chi connectivity index (χ4v) is 2.13. The van der Waals surface area contributed by atoms with Crippen molar-refractivity contribution in [2.45, 2.75) is 26.4 Å². The molecule has 27 heavy (non-hydrogen) atoms. The molecule has 0 saturated heterocycles. The summed E-state index contributed by atoms with van der Waals surface area (Å²) in [5.74, 6) is -0.804. The molecule has 144 valence electrons. The number of halogens is 1. The maximum Gasteiger partial charge on any atom is 0.344 e. The van der Waals surface area contributed by atoms with E-state index in [2.05, 4.69) is 5.32 Å². The Labute approximate surface area is 157 Å². The summed E-state index contributed by atoms with van der Waals surface area (Å²) in [7, 11) is 0. The summed E-state index contributed by atoms with van der Waals surface area (Å²) in [4.78, 5) is 24.0. The van der Waals surface area contributed by atoms with Crippen LogP contribution in [-0.4, -0.2) is 31.2 Å². The van der Waals surface area contributed by atoms with Gasteiger partial charge in [-0.2, -0.15) is 0 Å². The largest absolute Gasteiger partial charge is 0.490 e. The molecule has 0 aliphatic heterocycles. The number of nitrogens with one attached hydrogen (secondary N) is 1. The van der Waals surface area contributed by atoms with Crippen LogP contribution < -0.4 is 14.8 Å². The maximum atomic E-state index is 13.1. The minimum Gasteiger partial charge on any atom is -0.490 e. The SMILES string of the molecule is CCCOc1ccccc1OCC(=O)O[C@H](C)C(=O)Nc1cccc(F)c1. The lowest BCUT2D eigenvalue weighted by atomic mass is 10.3. The third-order valence-corrected chi connectivity index (χ3v) is 3.43. The average Bonchev–Trinajstić information content (AvgIpc) is 2.65. The van der Waals surface area contributed by atoms with Gasteiger partial charge < -0.3 is 19.5 Å². The van der Waals surface area contributed by atoms with Gasteiger partial charge in [-0.05, 0) is 43.7 Å². The second-order valence-corrected chi connectivity index (χ2v) is 5.72. The molecule has 0 bridgehead atoms. The van der Waals surface area contributed by atoms with E-state index in [-0.39, 0.29) is 12.3 Å². The monoisotopic (exact) mass is 375 g/mol. The number of rotatable bonds is 9. The van der Waals surface area contributed by atoms with Crippen molar-refractivity contribution in [3.63, 3.8) is 0 Å². The minimum atomic E-state index is -1.06. The fraction of sp³-hybridized carbons (Fsp3) is 0.300. The highest BCUT2D eigenvalue weighted by atomic mass is 19.1. The molecular weight excluding hydrogens is 353 g/mol. The molecule has 0 aliphatic rings. The number of hydrogen-bond acceptors (Lipinski definition) is 5. The highest BCUT2D eigenvalue weighted by molar-refractivity contribution is 5.95. The Morgan fingerprint density at radius 1 is 1.07 bits per heavy atom. The molecule has 0 spiro atoms. The zero-order valence-corrected chi connectivity index (χ0v) is 15.2. The van der Waals surface area contributed by atoms with Gasteiger partial charge in [-0.1, -0.05) is 25.1 Å². The number of para-hydroxylation sites is 2. The summed E-state index contributed by atoms with van der Waals surface area (Å²) >= 11 is 0. The summed E-state index contributed by atoms with van der Waals surface area (Å²) in [5, 5.41) is 2.48. The molecule has 0 unspecified atom stereocenters. The third-order valence-electron chi connectivity index (χ3n) is 3.43. The van der Waals surface area contributed by atoms with Crippen LogP contribution in [0, 0.1) is 5.82 Å². The van der Waals surface area contributed by atoms with Crippen LogP contribution in [0.2, 0.25) is 0 Å². The zero-order valence-electron chi connectivity index (χ0n) is 15.2. The second-order valence-electron chi connectivity index (χ2n) is 5.72. The van der Waals surface area contributed by atoms with Crippen LogP contribution in [0.15, 0.2) is 48.5 Å². The van der Waals surface area contributed by atoms with Gasteiger partial charge >= 0.3 is 5.97 Å². The highest BCUT2D eigenvalue weighted by Gasteiger charge is 2.19. The van der Waals surface area contributed by atoms with Crippen molar-refractivity contribution in [1.29, 1.82) is 0 Å². The Kier molecular flexibility index (Phi) is 7.61. The summed E-state index contributed by atoms with van der Waals surface area (Å²) in [6.07, 6.45) is -0.218. The van der Waals surface area contributed by atoms with Crippen molar-refractivity contribution < 1.29 is 28.2 Å². The molecule has 0 radical (unpaired) electrons. The predicted molar refractivity (Wildman–Crippen MR) is 98.3 cm³/mol. The number of esters is 1. The fourth-order valence-electron chi connectivity index (χ4n) is 2.13. The quantitative estimate of drug-likeness (QED) is 0.679. The lowest BCUT2D eigenvalue weighted by molar-refractivity contribution is -0.155. The van der Waals surface area contributed by atoms with Crippen LogP contribution in [0.25, 0.3) is 0 Å². The number of anilines is 1. The van der Waals surface area contributed by atoms with E-state index in [0.29, 0.717) is 18.1 Å². The van der Waals surface area contributed by atoms with E-state index in [0.717, 1.165) is 6.42 Å². The molecule has 2 aromatic carbocycles. The smallest absolute Gasteiger partial charge is 0.344 e. The van der Waals surface area contributed by atoms with Gasteiger partial charge in [0, 0.05) is 5.69 Å². The average molecular weight is 375 g/mol. The molecule has 2 rings (SSSR count). The lowest BCUT2D eigenvalue weighted by Gasteiger charge is -2.15. The molecule has 0 aliphatic carbocycles. The van der Waals surface area contributed by atoms with Crippen molar-refractivity contribution in [3.8, 4) is 11.5 Å². The van der Waals surface area contributed by atoms with E-state index in [1.165, 1.54) is 31.2 Å². The Bertz CT molecular complexity index is 780. The van der Waals surface area contributed by atoms with Crippen LogP contribution in [0.3, 0.4) is 0 Å². The van der Waals surface area contributed by atoms with Crippen molar-refractivity contribution >= 4 is 17.6 Å². The number of ether oxygens (including phenoxy) is 3. The van der Waals surface area contributed by atoms with Crippen LogP contribution >= 0.6 is 0 Å². The first-order valence-electron chi connectivity index (χ1n) is 8.60. The molecule has 2 aromatic rings. The van der Waals surface area contributed by atoms with Crippen LogP contribution in [0.4, 0.5) is 10.1 Å². The molecule has 1 atom stereocenters. The first kappa shape index (κ1) is 20.2. The molecular formula is C20H22FNO5. The first-order valence-corrected chi connectivity index (χ1v) is 8.60. The Morgan fingerprint density at radius 3 is 2.44 bits per heavy atom. The van der Waals surface area contributed by atoms with Gasteiger partial charge in [0.25, 0.3) is 5.91 Å². The van der Waals surface area contributed by atoms with E-state index < -0.39 is 23.8 Å². The molecule has 0 saturated carbocycles. The van der Waals surface area contributed by atoms with Gasteiger partial charge in [-0.25, -0.2) is 9.18 Å². The second kappa shape index (κ2) is 10.2. The molecule has 0 fully saturated rings. The van der Waals surface area contributed by atoms with Crippen LogP contribution in [-0.2, 0) is 14.3 Å². The van der Waals surface area contributed by atoms with E-state index in [9.17, 15) is 14.0 Å². The normalized spacial score (nSPS) is 11.4. The van der Waals surface area contributed by atoms with Gasteiger partial charge in [0.1, 0.15) is 5.82 Å². The topological polar surface area (TPSA) is 73.9 Å². The van der Waals surface area contributed by atoms with Crippen molar-refractivity contribution in [1.82, 2.24) is 0 Å². The van der Waals surface area contributed by atoms with Gasteiger partial charge in [0.15, 0.2) is 24.2 Å². The molecule has 0 heterocycles. The van der Waals surface area contributed by atoms with Gasteiger partial charge in [0.05, 0.1) is 6.61 Å². The van der Waals surface area contributed by atoms with E-state index in [1.54, 1.807) is 24.3 Å². The van der Waals surface area contributed by atoms with E-state index in [4.69, 9.17) is 14.2 Å². The number of carbonyl (C=O) groups excluding carboxylic acids is 2. The van der Waals surface area contributed by atoms with Crippen molar-refractivity contribution in [2.75, 3.05) is 18.5 Å². The minimum absolute atomic E-state index is 0.279. The maximum absolute atomic E-state index is 13.1. The highest BCUT2D eigenvalue weighted by Crippen LogP contribution is 2.26. The Morgan fingerprint density at radius 2 is 1.78 bits per heavy atom. The standard InChI is InChI=1S/C20H22FNO5/c1-3-11-25-17-9-4-5-10-18(17)26-13-19(23)27-14(2)20(24)22-16-8-6-7-15(21)12-16/h4-10,12,14H,3,11,13H2,1-2H3,(H,22,24)/t14-/m1/s1. The van der Waals surface area contributed by atoms with E-state index in [1.807, 2.05) is 6.92 Å². The molecule has 1 N–H and O–H groups in total. The first-order chi connectivity index (χ1) is 13.0. The number of benzene rings is 2. The molecule has 6 nitrogen and oxygen atoms in total. The summed E-state index contributed by atoms with van der Waals surface area (Å²) in [5.41, 5.74) is 0.279. The van der Waals surface area contributed by atoms with Gasteiger partial charge in [-0.15, -0.1) is 0 Å². The summed E-state index contributed by atoms with van der Waals surface area (Å²) in [6, 6.07) is 12.4. The van der Waals surface area contributed by atoms with Gasteiger partial charge in [0.2, 0.25) is 0 Å². The zero-order chi connectivity index (χ0) is 19.6. The van der Waals surface area contributed by atoms with Gasteiger partial charge in [-0.3, -0.25) is 4.79 Å². The van der Waals surface area contributed by atoms with Crippen LogP contribution in [0.5, 0.6) is 11.5 Å². The Balaban J connectivity index is 1.83. The number of amides is 1. The Hall–Kier alpha value is -3.09. The van der Waals surface area contributed by atoms with Crippen molar-refractivity contribution in [3.05, 3.63) is 54.3 Å². The lowest BCUT2D eigenvalue weighted by Crippen LogP contribution is -2.31. The third kappa shape index (κ3) is 6.62. The predicted octanol–water partition coefficient (Wildman–Crippen LogP) is 3.56. The van der Waals surface area contributed by atoms with E-state index >= 15 is 0 Å². The molecule has 1 amide bonds. The van der Waals surface area contributed by atoms with Crippen molar-refractivity contribution in [2.24, 2.45) is 0 Å².